The molecule has 23 heavy (non-hydrogen) atoms. The van der Waals surface area contributed by atoms with Crippen LogP contribution in [0.25, 0.3) is 0 Å². The summed E-state index contributed by atoms with van der Waals surface area (Å²) in [5.74, 6) is 0.128. The zero-order valence-corrected chi connectivity index (χ0v) is 14.6. The quantitative estimate of drug-likeness (QED) is 0.839. The van der Waals surface area contributed by atoms with Crippen molar-refractivity contribution in [2.45, 2.75) is 37.4 Å². The summed E-state index contributed by atoms with van der Waals surface area (Å²) in [6, 6.07) is 3.34. The predicted octanol–water partition coefficient (Wildman–Crippen LogP) is 1.84. The van der Waals surface area contributed by atoms with Gasteiger partial charge in [0.15, 0.2) is 5.79 Å². The average molecular weight is 341 g/mol. The van der Waals surface area contributed by atoms with E-state index in [0.29, 0.717) is 49.8 Å². The van der Waals surface area contributed by atoms with Crippen LogP contribution in [0.15, 0.2) is 17.0 Å². The highest BCUT2D eigenvalue weighted by Crippen LogP contribution is 2.35. The van der Waals surface area contributed by atoms with Crippen LogP contribution in [-0.2, 0) is 19.5 Å². The summed E-state index contributed by atoms with van der Waals surface area (Å²) in [7, 11) is -1.93. The Kier molecular flexibility index (Phi) is 4.39. The van der Waals surface area contributed by atoms with Crippen molar-refractivity contribution in [1.82, 2.24) is 4.31 Å². The lowest BCUT2D eigenvalue weighted by Crippen LogP contribution is -2.47. The molecule has 0 amide bonds. The molecule has 2 saturated heterocycles. The number of methoxy groups -OCH3 is 1. The molecule has 0 radical (unpaired) electrons. The van der Waals surface area contributed by atoms with E-state index in [0.717, 1.165) is 11.1 Å². The zero-order valence-electron chi connectivity index (χ0n) is 13.8. The topological polar surface area (TPSA) is 65.1 Å². The van der Waals surface area contributed by atoms with E-state index in [9.17, 15) is 8.42 Å². The minimum absolute atomic E-state index is 0.347. The first-order chi connectivity index (χ1) is 10.9. The van der Waals surface area contributed by atoms with Gasteiger partial charge in [0.25, 0.3) is 0 Å². The monoisotopic (exact) mass is 341 g/mol. The molecular formula is C16H23NO5S. The van der Waals surface area contributed by atoms with Crippen molar-refractivity contribution in [3.8, 4) is 5.75 Å². The number of hydrogen-bond acceptors (Lipinski definition) is 5. The SMILES string of the molecule is COc1ccc(S(=O)(=O)N2CCC3(CC2)OCCO3)c(C)c1C. The van der Waals surface area contributed by atoms with Gasteiger partial charge in [0, 0.05) is 25.9 Å². The van der Waals surface area contributed by atoms with Crippen LogP contribution in [0.3, 0.4) is 0 Å². The van der Waals surface area contributed by atoms with Gasteiger partial charge in [0.1, 0.15) is 5.75 Å². The normalized spacial score (nSPS) is 21.7. The fraction of sp³-hybridized carbons (Fsp3) is 0.625. The molecule has 7 heteroatoms. The summed E-state index contributed by atoms with van der Waals surface area (Å²) >= 11 is 0. The van der Waals surface area contributed by atoms with E-state index in [2.05, 4.69) is 0 Å². The van der Waals surface area contributed by atoms with E-state index in [1.54, 1.807) is 19.2 Å². The summed E-state index contributed by atoms with van der Waals surface area (Å²) in [6.45, 7) is 5.69. The minimum Gasteiger partial charge on any atom is -0.496 e. The molecule has 1 aromatic carbocycles. The van der Waals surface area contributed by atoms with Gasteiger partial charge >= 0.3 is 0 Å². The van der Waals surface area contributed by atoms with Crippen LogP contribution in [0.5, 0.6) is 5.75 Å². The molecule has 0 unspecified atom stereocenters. The van der Waals surface area contributed by atoms with Gasteiger partial charge < -0.3 is 14.2 Å². The molecule has 2 heterocycles. The number of hydrogen-bond donors (Lipinski definition) is 0. The third kappa shape index (κ3) is 2.87. The average Bonchev–Trinajstić information content (AvgIpc) is 2.98. The van der Waals surface area contributed by atoms with Crippen molar-refractivity contribution in [3.05, 3.63) is 23.3 Å². The maximum atomic E-state index is 13.0. The number of benzene rings is 1. The second-order valence-corrected chi connectivity index (χ2v) is 7.93. The van der Waals surface area contributed by atoms with Crippen molar-refractivity contribution in [1.29, 1.82) is 0 Å². The number of nitrogens with zero attached hydrogens (tertiary/aromatic N) is 1. The molecule has 0 atom stereocenters. The molecule has 1 spiro atoms. The second kappa shape index (κ2) is 6.05. The Balaban J connectivity index is 1.84. The first-order valence-electron chi connectivity index (χ1n) is 7.82. The van der Waals surface area contributed by atoms with Crippen LogP contribution in [0.4, 0.5) is 0 Å². The minimum atomic E-state index is -3.52. The Morgan fingerprint density at radius 1 is 1.09 bits per heavy atom. The van der Waals surface area contributed by atoms with Crippen molar-refractivity contribution in [2.24, 2.45) is 0 Å². The van der Waals surface area contributed by atoms with Crippen LogP contribution in [0.2, 0.25) is 0 Å². The van der Waals surface area contributed by atoms with Gasteiger partial charge in [-0.1, -0.05) is 0 Å². The maximum absolute atomic E-state index is 13.0. The van der Waals surface area contributed by atoms with Crippen LogP contribution in [0, 0.1) is 13.8 Å². The molecule has 128 valence electrons. The van der Waals surface area contributed by atoms with Crippen molar-refractivity contribution < 1.29 is 22.6 Å². The molecular weight excluding hydrogens is 318 g/mol. The molecule has 0 aliphatic carbocycles. The molecule has 0 N–H and O–H groups in total. The summed E-state index contributed by atoms with van der Waals surface area (Å²) in [4.78, 5) is 0.347. The van der Waals surface area contributed by atoms with E-state index < -0.39 is 15.8 Å². The molecule has 3 rings (SSSR count). The fourth-order valence-electron chi connectivity index (χ4n) is 3.26. The first-order valence-corrected chi connectivity index (χ1v) is 9.26. The van der Waals surface area contributed by atoms with Crippen LogP contribution in [0.1, 0.15) is 24.0 Å². The van der Waals surface area contributed by atoms with E-state index in [1.807, 2.05) is 13.8 Å². The smallest absolute Gasteiger partial charge is 0.243 e. The van der Waals surface area contributed by atoms with Crippen molar-refractivity contribution in [2.75, 3.05) is 33.4 Å². The summed E-state index contributed by atoms with van der Waals surface area (Å²) in [6.07, 6.45) is 1.14. The zero-order chi connectivity index (χ0) is 16.7. The summed E-state index contributed by atoms with van der Waals surface area (Å²) in [5.41, 5.74) is 1.59. The third-order valence-electron chi connectivity index (χ3n) is 4.82. The molecule has 6 nitrogen and oxygen atoms in total. The lowest BCUT2D eigenvalue weighted by Gasteiger charge is -2.37. The van der Waals surface area contributed by atoms with Crippen LogP contribution < -0.4 is 4.74 Å². The Morgan fingerprint density at radius 3 is 2.26 bits per heavy atom. The standard InChI is InChI=1S/C16H23NO5S/c1-12-13(2)15(5-4-14(12)20-3)23(18,19)17-8-6-16(7-9-17)21-10-11-22-16/h4-5H,6-11H2,1-3H3. The molecule has 0 aromatic heterocycles. The van der Waals surface area contributed by atoms with Crippen molar-refractivity contribution >= 4 is 10.0 Å². The van der Waals surface area contributed by atoms with Gasteiger partial charge in [-0.25, -0.2) is 8.42 Å². The first kappa shape index (κ1) is 16.7. The van der Waals surface area contributed by atoms with E-state index >= 15 is 0 Å². The highest BCUT2D eigenvalue weighted by atomic mass is 32.2. The number of piperidine rings is 1. The Labute approximate surface area is 137 Å². The van der Waals surface area contributed by atoms with Crippen molar-refractivity contribution in [3.63, 3.8) is 0 Å². The Morgan fingerprint density at radius 2 is 1.70 bits per heavy atom. The fourth-order valence-corrected chi connectivity index (χ4v) is 4.99. The van der Waals surface area contributed by atoms with Crippen LogP contribution in [-0.4, -0.2) is 51.9 Å². The van der Waals surface area contributed by atoms with Crippen LogP contribution >= 0.6 is 0 Å². The van der Waals surface area contributed by atoms with Gasteiger partial charge in [-0.15, -0.1) is 0 Å². The lowest BCUT2D eigenvalue weighted by atomic mass is 10.1. The van der Waals surface area contributed by atoms with Gasteiger partial charge in [-0.2, -0.15) is 4.31 Å². The van der Waals surface area contributed by atoms with Gasteiger partial charge in [0.2, 0.25) is 10.0 Å². The van der Waals surface area contributed by atoms with E-state index in [1.165, 1.54) is 4.31 Å². The Hall–Kier alpha value is -1.15. The third-order valence-corrected chi connectivity index (χ3v) is 6.87. The molecule has 2 aliphatic heterocycles. The second-order valence-electron chi connectivity index (χ2n) is 6.03. The Bertz CT molecular complexity index is 685. The molecule has 0 bridgehead atoms. The van der Waals surface area contributed by atoms with Gasteiger partial charge in [0.05, 0.1) is 25.2 Å². The lowest BCUT2D eigenvalue weighted by molar-refractivity contribution is -0.179. The van der Waals surface area contributed by atoms with E-state index in [-0.39, 0.29) is 0 Å². The highest BCUT2D eigenvalue weighted by Gasteiger charge is 2.42. The molecule has 2 aliphatic rings. The molecule has 2 fully saturated rings. The summed E-state index contributed by atoms with van der Waals surface area (Å²) in [5, 5.41) is 0. The number of ether oxygens (including phenoxy) is 3. The molecule has 1 aromatic rings. The summed E-state index contributed by atoms with van der Waals surface area (Å²) < 4.78 is 44.0. The number of sulfonamides is 1. The predicted molar refractivity (Wildman–Crippen MR) is 85.1 cm³/mol. The van der Waals surface area contributed by atoms with Gasteiger partial charge in [-0.3, -0.25) is 0 Å². The maximum Gasteiger partial charge on any atom is 0.243 e. The van der Waals surface area contributed by atoms with E-state index in [4.69, 9.17) is 14.2 Å². The number of rotatable bonds is 3. The largest absolute Gasteiger partial charge is 0.496 e. The highest BCUT2D eigenvalue weighted by molar-refractivity contribution is 7.89. The van der Waals surface area contributed by atoms with Gasteiger partial charge in [-0.05, 0) is 37.1 Å². The molecule has 0 saturated carbocycles.